The lowest BCUT2D eigenvalue weighted by atomic mass is 9.96. The van der Waals surface area contributed by atoms with Crippen LogP contribution in [0.25, 0.3) is 5.00 Å². The van der Waals surface area contributed by atoms with Crippen LogP contribution in [0.4, 0.5) is 5.69 Å². The SMILES string of the molecule is Cc1cc(/C=N/Nc2ccccc2)c(C)n1-c1sc2c(c1C#N)CCCC2. The first-order valence-corrected chi connectivity index (χ1v) is 10.1. The highest BCUT2D eigenvalue weighted by atomic mass is 32.1. The lowest BCUT2D eigenvalue weighted by molar-refractivity contribution is 0.695. The molecule has 2 aromatic heterocycles. The van der Waals surface area contributed by atoms with E-state index in [1.165, 1.54) is 23.3 Å². The normalized spacial score (nSPS) is 13.5. The third-order valence-corrected chi connectivity index (χ3v) is 6.39. The van der Waals surface area contributed by atoms with Gasteiger partial charge in [0.05, 0.1) is 17.5 Å². The molecule has 0 bridgehead atoms. The van der Waals surface area contributed by atoms with E-state index in [-0.39, 0.29) is 0 Å². The molecule has 0 saturated heterocycles. The van der Waals surface area contributed by atoms with Gasteiger partial charge in [0, 0.05) is 21.8 Å². The highest BCUT2D eigenvalue weighted by molar-refractivity contribution is 7.15. The van der Waals surface area contributed by atoms with Gasteiger partial charge in [-0.1, -0.05) is 18.2 Å². The fourth-order valence-corrected chi connectivity index (χ4v) is 5.19. The summed E-state index contributed by atoms with van der Waals surface area (Å²) in [5.41, 5.74) is 9.46. The molecule has 27 heavy (non-hydrogen) atoms. The van der Waals surface area contributed by atoms with Crippen molar-refractivity contribution in [2.45, 2.75) is 39.5 Å². The Hall–Kier alpha value is -2.84. The van der Waals surface area contributed by atoms with Crippen molar-refractivity contribution in [3.63, 3.8) is 0 Å². The minimum Gasteiger partial charge on any atom is -0.308 e. The molecule has 5 heteroatoms. The van der Waals surface area contributed by atoms with Crippen LogP contribution in [0.2, 0.25) is 0 Å². The Labute approximate surface area is 163 Å². The Balaban J connectivity index is 1.68. The predicted octanol–water partition coefficient (Wildman–Crippen LogP) is 5.35. The number of nitriles is 1. The van der Waals surface area contributed by atoms with E-state index in [1.807, 2.05) is 36.5 Å². The van der Waals surface area contributed by atoms with E-state index in [0.29, 0.717) is 0 Å². The Morgan fingerprint density at radius 1 is 1.19 bits per heavy atom. The van der Waals surface area contributed by atoms with Gasteiger partial charge < -0.3 is 4.57 Å². The highest BCUT2D eigenvalue weighted by Crippen LogP contribution is 2.38. The van der Waals surface area contributed by atoms with Gasteiger partial charge in [-0.3, -0.25) is 5.43 Å². The zero-order chi connectivity index (χ0) is 18.8. The van der Waals surface area contributed by atoms with E-state index in [1.54, 1.807) is 11.3 Å². The predicted molar refractivity (Wildman–Crippen MR) is 112 cm³/mol. The summed E-state index contributed by atoms with van der Waals surface area (Å²) in [7, 11) is 0. The molecule has 0 fully saturated rings. The topological polar surface area (TPSA) is 53.1 Å². The van der Waals surface area contributed by atoms with Crippen LogP contribution in [0, 0.1) is 25.2 Å². The molecular formula is C22H22N4S. The van der Waals surface area contributed by atoms with E-state index in [0.717, 1.165) is 46.0 Å². The highest BCUT2D eigenvalue weighted by Gasteiger charge is 2.23. The van der Waals surface area contributed by atoms with E-state index in [4.69, 9.17) is 0 Å². The first-order valence-electron chi connectivity index (χ1n) is 9.27. The van der Waals surface area contributed by atoms with E-state index >= 15 is 0 Å². The number of aromatic nitrogens is 1. The van der Waals surface area contributed by atoms with E-state index < -0.39 is 0 Å². The van der Waals surface area contributed by atoms with E-state index in [9.17, 15) is 5.26 Å². The maximum atomic E-state index is 9.79. The number of hydrogen-bond acceptors (Lipinski definition) is 4. The molecule has 4 rings (SSSR count). The third-order valence-electron chi connectivity index (χ3n) is 5.11. The molecule has 0 aliphatic heterocycles. The van der Waals surface area contributed by atoms with Gasteiger partial charge in [-0.05, 0) is 63.3 Å². The van der Waals surface area contributed by atoms with Crippen LogP contribution in [-0.4, -0.2) is 10.8 Å². The minimum absolute atomic E-state index is 0.863. The number of benzene rings is 1. The Bertz CT molecular complexity index is 1030. The van der Waals surface area contributed by atoms with Crippen LogP contribution in [0.1, 0.15) is 45.8 Å². The molecule has 0 spiro atoms. The lowest BCUT2D eigenvalue weighted by Crippen LogP contribution is -2.02. The van der Waals surface area contributed by atoms with Gasteiger partial charge in [0.2, 0.25) is 0 Å². The van der Waals surface area contributed by atoms with Gasteiger partial charge in [0.1, 0.15) is 11.1 Å². The monoisotopic (exact) mass is 374 g/mol. The lowest BCUT2D eigenvalue weighted by Gasteiger charge is -2.10. The fraction of sp³-hybridized carbons (Fsp3) is 0.273. The summed E-state index contributed by atoms with van der Waals surface area (Å²) >= 11 is 1.78. The van der Waals surface area contributed by atoms with Crippen molar-refractivity contribution < 1.29 is 0 Å². The van der Waals surface area contributed by atoms with Crippen molar-refractivity contribution in [2.24, 2.45) is 5.10 Å². The standard InChI is InChI=1S/C22H22N4S/c1-15-12-17(14-24-25-18-8-4-3-5-9-18)16(2)26(15)22-20(13-23)19-10-6-7-11-21(19)27-22/h3-5,8-9,12,14,25H,6-7,10-11H2,1-2H3/b24-14+. The summed E-state index contributed by atoms with van der Waals surface area (Å²) in [6, 6.07) is 14.5. The van der Waals surface area contributed by atoms with Crippen molar-refractivity contribution >= 4 is 23.2 Å². The first-order chi connectivity index (χ1) is 13.2. The van der Waals surface area contributed by atoms with Crippen LogP contribution >= 0.6 is 11.3 Å². The summed E-state index contributed by atoms with van der Waals surface area (Å²) in [6.45, 7) is 4.19. The Morgan fingerprint density at radius 2 is 1.96 bits per heavy atom. The number of anilines is 1. The number of thiophene rings is 1. The van der Waals surface area contributed by atoms with Gasteiger partial charge >= 0.3 is 0 Å². The summed E-state index contributed by atoms with van der Waals surface area (Å²) in [4.78, 5) is 1.39. The average molecular weight is 375 g/mol. The number of nitrogens with one attached hydrogen (secondary N) is 1. The zero-order valence-electron chi connectivity index (χ0n) is 15.6. The fourth-order valence-electron chi connectivity index (χ4n) is 3.74. The van der Waals surface area contributed by atoms with Gasteiger partial charge in [-0.25, -0.2) is 0 Å². The van der Waals surface area contributed by atoms with Crippen molar-refractivity contribution in [1.29, 1.82) is 5.26 Å². The molecule has 2 heterocycles. The third kappa shape index (κ3) is 3.29. The first kappa shape index (κ1) is 17.6. The van der Waals surface area contributed by atoms with Crippen molar-refractivity contribution in [3.05, 3.63) is 69.4 Å². The Kier molecular flexibility index (Phi) is 4.83. The van der Waals surface area contributed by atoms with Crippen LogP contribution < -0.4 is 5.43 Å². The summed E-state index contributed by atoms with van der Waals surface area (Å²) in [5, 5.41) is 15.2. The number of rotatable bonds is 4. The molecule has 0 saturated carbocycles. The maximum absolute atomic E-state index is 9.79. The van der Waals surface area contributed by atoms with Crippen LogP contribution in [-0.2, 0) is 12.8 Å². The summed E-state index contributed by atoms with van der Waals surface area (Å²) in [5.74, 6) is 0. The molecule has 3 aromatic rings. The number of hydrazone groups is 1. The van der Waals surface area contributed by atoms with Gasteiger partial charge in [0.15, 0.2) is 0 Å². The van der Waals surface area contributed by atoms with Crippen molar-refractivity contribution in [1.82, 2.24) is 4.57 Å². The molecule has 4 nitrogen and oxygen atoms in total. The van der Waals surface area contributed by atoms with Gasteiger partial charge in [-0.15, -0.1) is 11.3 Å². The van der Waals surface area contributed by atoms with Crippen LogP contribution in [0.5, 0.6) is 0 Å². The van der Waals surface area contributed by atoms with Gasteiger partial charge in [-0.2, -0.15) is 10.4 Å². The molecule has 1 N–H and O–H groups in total. The smallest absolute Gasteiger partial charge is 0.118 e. The second-order valence-electron chi connectivity index (χ2n) is 6.90. The molecule has 1 aliphatic rings. The largest absolute Gasteiger partial charge is 0.308 e. The summed E-state index contributed by atoms with van der Waals surface area (Å²) in [6.07, 6.45) is 6.40. The molecule has 136 valence electrons. The van der Waals surface area contributed by atoms with Crippen molar-refractivity contribution in [3.8, 4) is 11.1 Å². The van der Waals surface area contributed by atoms with E-state index in [2.05, 4.69) is 41.1 Å². The second-order valence-corrected chi connectivity index (χ2v) is 7.98. The molecule has 0 amide bonds. The maximum Gasteiger partial charge on any atom is 0.118 e. The quantitative estimate of drug-likeness (QED) is 0.494. The molecule has 1 aliphatic carbocycles. The van der Waals surface area contributed by atoms with Gasteiger partial charge in [0.25, 0.3) is 0 Å². The second kappa shape index (κ2) is 7.42. The minimum atomic E-state index is 0.863. The molecule has 0 radical (unpaired) electrons. The van der Waals surface area contributed by atoms with Crippen LogP contribution in [0.3, 0.4) is 0 Å². The average Bonchev–Trinajstić information content (AvgIpc) is 3.19. The molecular weight excluding hydrogens is 352 g/mol. The summed E-state index contributed by atoms with van der Waals surface area (Å²) < 4.78 is 2.21. The number of hydrogen-bond donors (Lipinski definition) is 1. The van der Waals surface area contributed by atoms with Crippen molar-refractivity contribution in [2.75, 3.05) is 5.43 Å². The molecule has 1 aromatic carbocycles. The molecule has 0 unspecified atom stereocenters. The number of fused-ring (bicyclic) bond motifs is 1. The number of nitrogens with zero attached hydrogens (tertiary/aromatic N) is 3. The number of para-hydroxylation sites is 1. The number of aryl methyl sites for hydroxylation is 2. The van der Waals surface area contributed by atoms with Crippen LogP contribution in [0.15, 0.2) is 41.5 Å². The Morgan fingerprint density at radius 3 is 2.74 bits per heavy atom. The molecule has 0 atom stereocenters. The zero-order valence-corrected chi connectivity index (χ0v) is 16.4.